The van der Waals surface area contributed by atoms with Crippen molar-refractivity contribution in [1.29, 1.82) is 0 Å². The Bertz CT molecular complexity index is 464. The molecule has 1 atom stereocenters. The number of carboxylic acid groups (broad SMARTS) is 1. The molecular weight excluding hydrogens is 266 g/mol. The predicted molar refractivity (Wildman–Crippen MR) is 73.6 cm³/mol. The van der Waals surface area contributed by atoms with Gasteiger partial charge in [0.25, 0.3) is 0 Å². The molecule has 0 amide bonds. The number of likely N-dealkylation sites (tertiary alicyclic amines) is 1. The summed E-state index contributed by atoms with van der Waals surface area (Å²) >= 11 is 6.00. The third-order valence-electron chi connectivity index (χ3n) is 3.49. The molecule has 5 heteroatoms. The van der Waals surface area contributed by atoms with E-state index in [1.54, 1.807) is 13.2 Å². The molecule has 0 aromatic heterocycles. The molecule has 0 spiro atoms. The van der Waals surface area contributed by atoms with Gasteiger partial charge >= 0.3 is 5.97 Å². The van der Waals surface area contributed by atoms with Crippen LogP contribution >= 0.6 is 11.6 Å². The summed E-state index contributed by atoms with van der Waals surface area (Å²) in [5.41, 5.74) is 1.00. The quantitative estimate of drug-likeness (QED) is 0.923. The van der Waals surface area contributed by atoms with Crippen LogP contribution in [0.3, 0.4) is 0 Å². The summed E-state index contributed by atoms with van der Waals surface area (Å²) in [6.45, 7) is 2.18. The van der Waals surface area contributed by atoms with Gasteiger partial charge in [0.15, 0.2) is 0 Å². The predicted octanol–water partition coefficient (Wildman–Crippen LogP) is 2.65. The Morgan fingerprint density at radius 1 is 1.58 bits per heavy atom. The van der Waals surface area contributed by atoms with E-state index in [9.17, 15) is 4.79 Å². The number of ether oxygens (including phenoxy) is 1. The molecule has 0 aliphatic carbocycles. The maximum absolute atomic E-state index is 11.1. The van der Waals surface area contributed by atoms with Crippen molar-refractivity contribution in [2.75, 3.05) is 20.2 Å². The van der Waals surface area contributed by atoms with Gasteiger partial charge in [-0.15, -0.1) is 0 Å². The van der Waals surface area contributed by atoms with Gasteiger partial charge in [0, 0.05) is 23.7 Å². The molecule has 1 aliphatic rings. The van der Waals surface area contributed by atoms with E-state index in [0.29, 0.717) is 18.1 Å². The van der Waals surface area contributed by atoms with Gasteiger partial charge in [-0.2, -0.15) is 0 Å². The maximum atomic E-state index is 11.1. The normalized spacial score (nSPS) is 20.2. The van der Waals surface area contributed by atoms with Gasteiger partial charge in [-0.05, 0) is 37.6 Å². The van der Waals surface area contributed by atoms with Crippen molar-refractivity contribution in [3.63, 3.8) is 0 Å². The molecule has 104 valence electrons. The average Bonchev–Trinajstić information content (AvgIpc) is 2.39. The van der Waals surface area contributed by atoms with E-state index in [0.717, 1.165) is 30.7 Å². The van der Waals surface area contributed by atoms with E-state index >= 15 is 0 Å². The highest BCUT2D eigenvalue weighted by Gasteiger charge is 2.25. The summed E-state index contributed by atoms with van der Waals surface area (Å²) in [6.07, 6.45) is 1.68. The number of carbonyl (C=O) groups is 1. The topological polar surface area (TPSA) is 49.8 Å². The number of methoxy groups -OCH3 is 1. The molecule has 1 unspecified atom stereocenters. The Kier molecular flexibility index (Phi) is 4.66. The summed E-state index contributed by atoms with van der Waals surface area (Å²) in [7, 11) is 1.63. The molecule has 4 nitrogen and oxygen atoms in total. The molecule has 0 saturated carbocycles. The van der Waals surface area contributed by atoms with Crippen molar-refractivity contribution in [3.05, 3.63) is 28.8 Å². The number of hydrogen-bond acceptors (Lipinski definition) is 3. The van der Waals surface area contributed by atoms with Crippen LogP contribution in [0.4, 0.5) is 0 Å². The van der Waals surface area contributed by atoms with Gasteiger partial charge in [0.1, 0.15) is 5.75 Å². The standard InChI is InChI=1S/C14H18ClNO3/c1-19-13-5-4-12(15)7-11(13)9-16-6-2-3-10(8-16)14(17)18/h4-5,7,10H,2-3,6,8-9H2,1H3,(H,17,18). The first kappa shape index (κ1) is 14.2. The van der Waals surface area contributed by atoms with Crippen molar-refractivity contribution in [3.8, 4) is 5.75 Å². The van der Waals surface area contributed by atoms with E-state index < -0.39 is 5.97 Å². The third-order valence-corrected chi connectivity index (χ3v) is 3.73. The van der Waals surface area contributed by atoms with E-state index in [1.165, 1.54) is 0 Å². The van der Waals surface area contributed by atoms with Crippen LogP contribution in [0.5, 0.6) is 5.75 Å². The Balaban J connectivity index is 2.08. The second kappa shape index (κ2) is 6.26. The molecule has 1 heterocycles. The van der Waals surface area contributed by atoms with Crippen LogP contribution < -0.4 is 4.74 Å². The van der Waals surface area contributed by atoms with Crippen LogP contribution in [-0.4, -0.2) is 36.2 Å². The smallest absolute Gasteiger partial charge is 0.307 e. The molecule has 1 N–H and O–H groups in total. The van der Waals surface area contributed by atoms with Crippen molar-refractivity contribution in [2.24, 2.45) is 5.92 Å². The molecule has 0 bridgehead atoms. The minimum atomic E-state index is -0.706. The summed E-state index contributed by atoms with van der Waals surface area (Å²) in [5, 5.41) is 9.76. The fourth-order valence-electron chi connectivity index (χ4n) is 2.51. The lowest BCUT2D eigenvalue weighted by Crippen LogP contribution is -2.38. The highest BCUT2D eigenvalue weighted by Crippen LogP contribution is 2.26. The Labute approximate surface area is 117 Å². The van der Waals surface area contributed by atoms with Gasteiger partial charge in [-0.1, -0.05) is 11.6 Å². The molecule has 2 rings (SSSR count). The van der Waals surface area contributed by atoms with Crippen LogP contribution in [-0.2, 0) is 11.3 Å². The monoisotopic (exact) mass is 283 g/mol. The summed E-state index contributed by atoms with van der Waals surface area (Å²) in [5.74, 6) is -0.177. The molecule has 1 saturated heterocycles. The van der Waals surface area contributed by atoms with Crippen LogP contribution in [0.25, 0.3) is 0 Å². The number of hydrogen-bond donors (Lipinski definition) is 1. The summed E-state index contributed by atoms with van der Waals surface area (Å²) < 4.78 is 5.31. The van der Waals surface area contributed by atoms with Crippen LogP contribution in [0.1, 0.15) is 18.4 Å². The molecule has 1 aliphatic heterocycles. The first-order valence-electron chi connectivity index (χ1n) is 6.37. The van der Waals surface area contributed by atoms with Crippen molar-refractivity contribution in [1.82, 2.24) is 4.90 Å². The lowest BCUT2D eigenvalue weighted by atomic mass is 9.98. The second-order valence-electron chi connectivity index (χ2n) is 4.87. The first-order valence-corrected chi connectivity index (χ1v) is 6.75. The Morgan fingerprint density at radius 3 is 3.05 bits per heavy atom. The fraction of sp³-hybridized carbons (Fsp3) is 0.500. The highest BCUT2D eigenvalue weighted by atomic mass is 35.5. The van der Waals surface area contributed by atoms with Gasteiger partial charge in [-0.3, -0.25) is 9.69 Å². The lowest BCUT2D eigenvalue weighted by molar-refractivity contribution is -0.143. The number of piperidine rings is 1. The zero-order chi connectivity index (χ0) is 13.8. The Hall–Kier alpha value is -1.26. The van der Waals surface area contributed by atoms with E-state index in [1.807, 2.05) is 12.1 Å². The van der Waals surface area contributed by atoms with Crippen molar-refractivity contribution >= 4 is 17.6 Å². The molecular formula is C14H18ClNO3. The average molecular weight is 284 g/mol. The summed E-state index contributed by atoms with van der Waals surface area (Å²) in [4.78, 5) is 13.2. The lowest BCUT2D eigenvalue weighted by Gasteiger charge is -2.31. The van der Waals surface area contributed by atoms with Crippen LogP contribution in [0, 0.1) is 5.92 Å². The molecule has 0 radical (unpaired) electrons. The number of carboxylic acids is 1. The Morgan fingerprint density at radius 2 is 2.37 bits per heavy atom. The van der Waals surface area contributed by atoms with Gasteiger partial charge in [-0.25, -0.2) is 0 Å². The molecule has 1 fully saturated rings. The van der Waals surface area contributed by atoms with E-state index in [2.05, 4.69) is 4.90 Å². The summed E-state index contributed by atoms with van der Waals surface area (Å²) in [6, 6.07) is 5.52. The van der Waals surface area contributed by atoms with Crippen LogP contribution in [0.15, 0.2) is 18.2 Å². The number of aliphatic carboxylic acids is 1. The third kappa shape index (κ3) is 3.61. The number of benzene rings is 1. The zero-order valence-electron chi connectivity index (χ0n) is 10.9. The number of rotatable bonds is 4. The van der Waals surface area contributed by atoms with Gasteiger partial charge in [0.2, 0.25) is 0 Å². The highest BCUT2D eigenvalue weighted by molar-refractivity contribution is 6.30. The SMILES string of the molecule is COc1ccc(Cl)cc1CN1CCCC(C(=O)O)C1. The second-order valence-corrected chi connectivity index (χ2v) is 5.31. The van der Waals surface area contributed by atoms with Gasteiger partial charge < -0.3 is 9.84 Å². The zero-order valence-corrected chi connectivity index (χ0v) is 11.7. The van der Waals surface area contributed by atoms with Crippen molar-refractivity contribution < 1.29 is 14.6 Å². The van der Waals surface area contributed by atoms with Crippen LogP contribution in [0.2, 0.25) is 5.02 Å². The largest absolute Gasteiger partial charge is 0.496 e. The van der Waals surface area contributed by atoms with E-state index in [4.69, 9.17) is 21.4 Å². The fourth-order valence-corrected chi connectivity index (χ4v) is 2.71. The molecule has 19 heavy (non-hydrogen) atoms. The minimum Gasteiger partial charge on any atom is -0.496 e. The van der Waals surface area contributed by atoms with Crippen molar-refractivity contribution in [2.45, 2.75) is 19.4 Å². The van der Waals surface area contributed by atoms with E-state index in [-0.39, 0.29) is 5.92 Å². The van der Waals surface area contributed by atoms with Gasteiger partial charge in [0.05, 0.1) is 13.0 Å². The first-order chi connectivity index (χ1) is 9.10. The molecule has 1 aromatic rings. The number of halogens is 1. The number of nitrogens with zero attached hydrogens (tertiary/aromatic N) is 1. The maximum Gasteiger partial charge on any atom is 0.307 e. The molecule has 1 aromatic carbocycles. The minimum absolute atomic E-state index is 0.265.